The lowest BCUT2D eigenvalue weighted by molar-refractivity contribution is -0.139. The van der Waals surface area contributed by atoms with Gasteiger partial charge in [-0.2, -0.15) is 13.2 Å². The molecule has 0 atom stereocenters. The maximum absolute atomic E-state index is 12.7. The molecule has 0 aliphatic rings. The highest BCUT2D eigenvalue weighted by Gasteiger charge is 2.35. The van der Waals surface area contributed by atoms with Crippen LogP contribution < -0.4 is 10.1 Å². The van der Waals surface area contributed by atoms with Gasteiger partial charge in [0.05, 0.1) is 11.1 Å². The molecule has 0 bridgehead atoms. The van der Waals surface area contributed by atoms with E-state index in [9.17, 15) is 22.8 Å². The topological polar surface area (TPSA) is 75.6 Å². The Balaban J connectivity index is 3.10. The minimum absolute atomic E-state index is 0.460. The van der Waals surface area contributed by atoms with E-state index in [1.165, 1.54) is 7.05 Å². The fraction of sp³-hybridized carbons (Fsp3) is 0.273. The summed E-state index contributed by atoms with van der Waals surface area (Å²) in [5, 5.41) is 10.8. The van der Waals surface area contributed by atoms with Crippen LogP contribution in [0.3, 0.4) is 0 Å². The number of carboxylic acid groups (broad SMARTS) is 1. The minimum atomic E-state index is -4.77. The Hall–Kier alpha value is -2.25. The average molecular weight is 277 g/mol. The molecule has 0 radical (unpaired) electrons. The van der Waals surface area contributed by atoms with E-state index in [4.69, 9.17) is 9.84 Å². The van der Waals surface area contributed by atoms with Crippen LogP contribution in [0.4, 0.5) is 13.2 Å². The van der Waals surface area contributed by atoms with E-state index in [1.54, 1.807) is 0 Å². The van der Waals surface area contributed by atoms with Crippen molar-refractivity contribution in [1.82, 2.24) is 5.32 Å². The number of hydrogen-bond acceptors (Lipinski definition) is 3. The van der Waals surface area contributed by atoms with E-state index >= 15 is 0 Å². The molecule has 0 unspecified atom stereocenters. The lowest BCUT2D eigenvalue weighted by Gasteiger charge is -2.14. The van der Waals surface area contributed by atoms with Crippen LogP contribution >= 0.6 is 0 Å². The largest absolute Gasteiger partial charge is 0.483 e. The molecule has 2 N–H and O–H groups in total. The SMILES string of the molecule is CNC(=O)COc1ccc(C(=O)O)cc1C(F)(F)F. The first-order valence-electron chi connectivity index (χ1n) is 5.03. The maximum atomic E-state index is 12.7. The molecule has 0 saturated carbocycles. The highest BCUT2D eigenvalue weighted by Crippen LogP contribution is 2.36. The molecule has 0 heterocycles. The molecular weight excluding hydrogens is 267 g/mol. The number of amides is 1. The van der Waals surface area contributed by atoms with Gasteiger partial charge >= 0.3 is 12.1 Å². The van der Waals surface area contributed by atoms with Gasteiger partial charge in [-0.3, -0.25) is 4.79 Å². The summed E-state index contributed by atoms with van der Waals surface area (Å²) < 4.78 is 42.9. The smallest absolute Gasteiger partial charge is 0.419 e. The minimum Gasteiger partial charge on any atom is -0.483 e. The Morgan fingerprint density at radius 3 is 2.47 bits per heavy atom. The Morgan fingerprint density at radius 1 is 1.37 bits per heavy atom. The molecule has 0 saturated heterocycles. The number of rotatable bonds is 4. The van der Waals surface area contributed by atoms with Gasteiger partial charge in [0.25, 0.3) is 5.91 Å². The number of nitrogens with one attached hydrogen (secondary N) is 1. The molecule has 8 heteroatoms. The monoisotopic (exact) mass is 277 g/mol. The Kier molecular flexibility index (Phi) is 4.36. The summed E-state index contributed by atoms with van der Waals surface area (Å²) in [5.41, 5.74) is -1.75. The Bertz CT molecular complexity index is 499. The molecule has 1 aromatic carbocycles. The van der Waals surface area contributed by atoms with E-state index in [-0.39, 0.29) is 0 Å². The van der Waals surface area contributed by atoms with Gasteiger partial charge in [0.2, 0.25) is 0 Å². The molecule has 1 amide bonds. The number of aromatic carboxylic acids is 1. The summed E-state index contributed by atoms with van der Waals surface area (Å²) in [7, 11) is 1.31. The number of carboxylic acids is 1. The molecular formula is C11H10F3NO4. The van der Waals surface area contributed by atoms with Gasteiger partial charge in [-0.15, -0.1) is 0 Å². The standard InChI is InChI=1S/C11H10F3NO4/c1-15-9(16)5-19-8-3-2-6(10(17)18)4-7(8)11(12,13)14/h2-4H,5H2,1H3,(H,15,16)(H,17,18). The average Bonchev–Trinajstić information content (AvgIpc) is 2.34. The number of alkyl halides is 3. The van der Waals surface area contributed by atoms with Crippen LogP contribution in [-0.2, 0) is 11.0 Å². The van der Waals surface area contributed by atoms with Crippen molar-refractivity contribution < 1.29 is 32.6 Å². The third kappa shape index (κ3) is 3.87. The molecule has 19 heavy (non-hydrogen) atoms. The summed E-state index contributed by atoms with van der Waals surface area (Å²) in [4.78, 5) is 21.5. The van der Waals surface area contributed by atoms with Crippen LogP contribution in [0.25, 0.3) is 0 Å². The second-order valence-electron chi connectivity index (χ2n) is 3.48. The van der Waals surface area contributed by atoms with Gasteiger partial charge < -0.3 is 15.2 Å². The van der Waals surface area contributed by atoms with Crippen molar-refractivity contribution in [1.29, 1.82) is 0 Å². The van der Waals surface area contributed by atoms with E-state index in [0.29, 0.717) is 6.07 Å². The first-order valence-corrected chi connectivity index (χ1v) is 5.03. The van der Waals surface area contributed by atoms with Gasteiger partial charge in [-0.05, 0) is 18.2 Å². The van der Waals surface area contributed by atoms with Crippen molar-refractivity contribution in [3.63, 3.8) is 0 Å². The zero-order valence-corrected chi connectivity index (χ0v) is 9.75. The van der Waals surface area contributed by atoms with E-state index in [2.05, 4.69) is 5.32 Å². The first-order chi connectivity index (χ1) is 8.75. The predicted octanol–water partition coefficient (Wildman–Crippen LogP) is 1.53. The van der Waals surface area contributed by atoms with Gasteiger partial charge in [0.15, 0.2) is 6.61 Å². The maximum Gasteiger partial charge on any atom is 0.419 e. The van der Waals surface area contributed by atoms with Crippen molar-refractivity contribution in [3.05, 3.63) is 29.3 Å². The highest BCUT2D eigenvalue weighted by molar-refractivity contribution is 5.88. The third-order valence-corrected chi connectivity index (χ3v) is 2.17. The summed E-state index contributed by atoms with van der Waals surface area (Å²) in [6.07, 6.45) is -4.77. The van der Waals surface area contributed by atoms with Crippen molar-refractivity contribution in [2.75, 3.05) is 13.7 Å². The number of carbonyl (C=O) groups excluding carboxylic acids is 1. The highest BCUT2D eigenvalue weighted by atomic mass is 19.4. The number of likely N-dealkylation sites (N-methyl/N-ethyl adjacent to an activating group) is 1. The van der Waals surface area contributed by atoms with Crippen molar-refractivity contribution in [2.24, 2.45) is 0 Å². The van der Waals surface area contributed by atoms with Gasteiger partial charge in [-0.25, -0.2) is 4.79 Å². The number of halogens is 3. The van der Waals surface area contributed by atoms with Gasteiger partial charge in [0, 0.05) is 7.05 Å². The molecule has 1 rings (SSSR count). The summed E-state index contributed by atoms with van der Waals surface area (Å²) in [5.74, 6) is -2.68. The summed E-state index contributed by atoms with van der Waals surface area (Å²) in [6.45, 7) is -0.591. The Morgan fingerprint density at radius 2 is 2.00 bits per heavy atom. The first kappa shape index (κ1) is 14.8. The Labute approximate surface area is 106 Å². The van der Waals surface area contributed by atoms with Crippen molar-refractivity contribution >= 4 is 11.9 Å². The van der Waals surface area contributed by atoms with Gasteiger partial charge in [-0.1, -0.05) is 0 Å². The second kappa shape index (κ2) is 5.59. The number of ether oxygens (including phenoxy) is 1. The van der Waals surface area contributed by atoms with E-state index in [1.807, 2.05) is 0 Å². The molecule has 0 aromatic heterocycles. The molecule has 104 valence electrons. The lowest BCUT2D eigenvalue weighted by Crippen LogP contribution is -2.25. The molecule has 1 aromatic rings. The fourth-order valence-corrected chi connectivity index (χ4v) is 1.23. The molecule has 0 spiro atoms. The fourth-order valence-electron chi connectivity index (χ4n) is 1.23. The summed E-state index contributed by atoms with van der Waals surface area (Å²) >= 11 is 0. The zero-order valence-electron chi connectivity index (χ0n) is 9.75. The van der Waals surface area contributed by atoms with Crippen LogP contribution in [0.15, 0.2) is 18.2 Å². The number of benzene rings is 1. The lowest BCUT2D eigenvalue weighted by atomic mass is 10.1. The molecule has 5 nitrogen and oxygen atoms in total. The second-order valence-corrected chi connectivity index (χ2v) is 3.48. The van der Waals surface area contributed by atoms with E-state index in [0.717, 1.165) is 12.1 Å². The molecule has 0 aliphatic carbocycles. The van der Waals surface area contributed by atoms with Crippen molar-refractivity contribution in [2.45, 2.75) is 6.18 Å². The van der Waals surface area contributed by atoms with Crippen LogP contribution in [0.1, 0.15) is 15.9 Å². The predicted molar refractivity (Wildman–Crippen MR) is 58.0 cm³/mol. The molecule has 0 fully saturated rings. The van der Waals surface area contributed by atoms with Crippen molar-refractivity contribution in [3.8, 4) is 5.75 Å². The summed E-state index contributed by atoms with van der Waals surface area (Å²) in [6, 6.07) is 2.30. The molecule has 0 aliphatic heterocycles. The number of carbonyl (C=O) groups is 2. The third-order valence-electron chi connectivity index (χ3n) is 2.17. The quantitative estimate of drug-likeness (QED) is 0.875. The van der Waals surface area contributed by atoms with Crippen LogP contribution in [-0.4, -0.2) is 30.6 Å². The van der Waals surface area contributed by atoms with Gasteiger partial charge in [0.1, 0.15) is 5.75 Å². The van der Waals surface area contributed by atoms with Crippen LogP contribution in [0.2, 0.25) is 0 Å². The van der Waals surface area contributed by atoms with Crippen LogP contribution in [0, 0.1) is 0 Å². The zero-order chi connectivity index (χ0) is 14.6. The van der Waals surface area contributed by atoms with E-state index < -0.39 is 41.5 Å². The number of hydrogen-bond donors (Lipinski definition) is 2. The normalized spacial score (nSPS) is 10.9. The van der Waals surface area contributed by atoms with Crippen LogP contribution in [0.5, 0.6) is 5.75 Å².